The smallest absolute Gasteiger partial charge is 0.243 e. The van der Waals surface area contributed by atoms with Crippen LogP contribution in [-0.4, -0.2) is 64.9 Å². The monoisotopic (exact) mass is 585 g/mol. The van der Waals surface area contributed by atoms with Crippen LogP contribution < -0.4 is 14.2 Å². The summed E-state index contributed by atoms with van der Waals surface area (Å²) < 4.78 is 53.5. The van der Waals surface area contributed by atoms with E-state index in [-0.39, 0.29) is 17.6 Å². The summed E-state index contributed by atoms with van der Waals surface area (Å²) in [5, 5.41) is 12.5. The van der Waals surface area contributed by atoms with Crippen molar-refractivity contribution in [3.05, 3.63) is 65.7 Å². The van der Waals surface area contributed by atoms with E-state index < -0.39 is 21.4 Å². The predicted molar refractivity (Wildman–Crippen MR) is 146 cm³/mol. The first kappa shape index (κ1) is 27.3. The third-order valence-corrected chi connectivity index (χ3v) is 8.06. The second-order valence-electron chi connectivity index (χ2n) is 8.49. The quantitative estimate of drug-likeness (QED) is 0.252. The molecule has 1 N–H and O–H groups in total. The summed E-state index contributed by atoms with van der Waals surface area (Å²) >= 11 is 5.90. The fraction of sp³-hybridized carbons (Fsp3) is 0.240. The van der Waals surface area contributed by atoms with Crippen LogP contribution in [-0.2, 0) is 14.8 Å². The Labute approximate surface area is 234 Å². The molecule has 0 aliphatic rings. The molecule has 0 amide bonds. The molecule has 15 heteroatoms. The second kappa shape index (κ2) is 11.1. The van der Waals surface area contributed by atoms with Crippen molar-refractivity contribution < 1.29 is 27.2 Å². The maximum absolute atomic E-state index is 13.7. The zero-order chi connectivity index (χ0) is 28.4. The standard InChI is InChI=1S/C25H24ClN7O6S/c1-14(22(38-4)23-27-12-15(26)13-28-23)40(34,35)32-25-30-29-24(20-16-8-5-6-9-17(16)39-31-20)33(25)21-18(36-2)10-7-11-19(21)37-3/h5-14,22H,1-4H3,(H,30,32)/t14-,22-/m0/s1. The van der Waals surface area contributed by atoms with Crippen LogP contribution in [0.5, 0.6) is 11.5 Å². The Balaban J connectivity index is 1.65. The first-order chi connectivity index (χ1) is 19.3. The highest BCUT2D eigenvalue weighted by Crippen LogP contribution is 2.39. The zero-order valence-electron chi connectivity index (χ0n) is 21.8. The van der Waals surface area contributed by atoms with E-state index >= 15 is 0 Å². The van der Waals surface area contributed by atoms with Gasteiger partial charge in [0.25, 0.3) is 0 Å². The number of nitrogens with zero attached hydrogens (tertiary/aromatic N) is 6. The fourth-order valence-electron chi connectivity index (χ4n) is 4.17. The van der Waals surface area contributed by atoms with Gasteiger partial charge in [0.2, 0.25) is 16.0 Å². The minimum atomic E-state index is -4.19. The van der Waals surface area contributed by atoms with Gasteiger partial charge in [-0.2, -0.15) is 0 Å². The largest absolute Gasteiger partial charge is 0.494 e. The minimum Gasteiger partial charge on any atom is -0.494 e. The molecule has 0 fully saturated rings. The molecule has 3 heterocycles. The number of ether oxygens (including phenoxy) is 3. The first-order valence-electron chi connectivity index (χ1n) is 11.8. The number of para-hydroxylation sites is 2. The lowest BCUT2D eigenvalue weighted by molar-refractivity contribution is 0.0950. The van der Waals surface area contributed by atoms with Crippen molar-refractivity contribution in [2.24, 2.45) is 0 Å². The van der Waals surface area contributed by atoms with Gasteiger partial charge in [-0.3, -0.25) is 9.29 Å². The second-order valence-corrected chi connectivity index (χ2v) is 11.0. The number of benzene rings is 2. The van der Waals surface area contributed by atoms with Crippen molar-refractivity contribution >= 4 is 38.5 Å². The lowest BCUT2D eigenvalue weighted by atomic mass is 10.2. The van der Waals surface area contributed by atoms with Crippen LogP contribution >= 0.6 is 11.6 Å². The summed E-state index contributed by atoms with van der Waals surface area (Å²) in [7, 11) is 0.141. The average Bonchev–Trinajstić information content (AvgIpc) is 3.57. The van der Waals surface area contributed by atoms with E-state index in [2.05, 4.69) is 30.0 Å². The summed E-state index contributed by atoms with van der Waals surface area (Å²) in [6.07, 6.45) is 1.70. The van der Waals surface area contributed by atoms with Crippen LogP contribution in [0.15, 0.2) is 59.4 Å². The Morgan fingerprint density at radius 3 is 2.30 bits per heavy atom. The minimum absolute atomic E-state index is 0.146. The molecular weight excluding hydrogens is 562 g/mol. The topological polar surface area (TPSA) is 156 Å². The number of hydrogen-bond donors (Lipinski definition) is 1. The number of fused-ring (bicyclic) bond motifs is 1. The summed E-state index contributed by atoms with van der Waals surface area (Å²) in [5.41, 5.74) is 1.19. The molecule has 0 aliphatic carbocycles. The van der Waals surface area contributed by atoms with Crippen LogP contribution in [0.3, 0.4) is 0 Å². The molecule has 2 atom stereocenters. The number of halogens is 1. The Hall–Kier alpha value is -4.27. The van der Waals surface area contributed by atoms with Gasteiger partial charge in [-0.05, 0) is 31.2 Å². The lowest BCUT2D eigenvalue weighted by Crippen LogP contribution is -2.33. The Morgan fingerprint density at radius 1 is 0.975 bits per heavy atom. The molecule has 0 bridgehead atoms. The molecular formula is C25H24ClN7O6S. The maximum atomic E-state index is 13.7. The van der Waals surface area contributed by atoms with Crippen LogP contribution in [0, 0.1) is 0 Å². The van der Waals surface area contributed by atoms with Crippen molar-refractivity contribution in [1.29, 1.82) is 0 Å². The summed E-state index contributed by atoms with van der Waals surface area (Å²) in [6, 6.07) is 12.3. The normalized spacial score (nSPS) is 13.2. The summed E-state index contributed by atoms with van der Waals surface area (Å²) in [6.45, 7) is 1.46. The third kappa shape index (κ3) is 4.92. The van der Waals surface area contributed by atoms with E-state index in [0.29, 0.717) is 38.9 Å². The van der Waals surface area contributed by atoms with Gasteiger partial charge < -0.3 is 18.7 Å². The summed E-state index contributed by atoms with van der Waals surface area (Å²) in [5.74, 6) is 0.912. The molecule has 3 aromatic heterocycles. The Kier molecular flexibility index (Phi) is 7.56. The van der Waals surface area contributed by atoms with Crippen molar-refractivity contribution in [3.8, 4) is 28.7 Å². The van der Waals surface area contributed by atoms with E-state index in [0.717, 1.165) is 0 Å². The van der Waals surface area contributed by atoms with Gasteiger partial charge in [0.15, 0.2) is 22.9 Å². The number of sulfonamides is 1. The fourth-order valence-corrected chi connectivity index (χ4v) is 5.40. The molecule has 0 radical (unpaired) electrons. The molecule has 5 rings (SSSR count). The Morgan fingerprint density at radius 2 is 1.65 bits per heavy atom. The highest BCUT2D eigenvalue weighted by molar-refractivity contribution is 7.93. The number of nitrogens with one attached hydrogen (secondary N) is 1. The van der Waals surface area contributed by atoms with Crippen molar-refractivity contribution in [1.82, 2.24) is 29.9 Å². The van der Waals surface area contributed by atoms with Crippen LogP contribution in [0.25, 0.3) is 28.2 Å². The van der Waals surface area contributed by atoms with Gasteiger partial charge in [-0.25, -0.2) is 18.4 Å². The maximum Gasteiger partial charge on any atom is 0.243 e. The highest BCUT2D eigenvalue weighted by atomic mass is 35.5. The molecule has 0 spiro atoms. The van der Waals surface area contributed by atoms with Crippen molar-refractivity contribution in [2.45, 2.75) is 18.3 Å². The number of rotatable bonds is 10. The van der Waals surface area contributed by atoms with Gasteiger partial charge in [0.05, 0.1) is 24.6 Å². The molecule has 40 heavy (non-hydrogen) atoms. The van der Waals surface area contributed by atoms with Gasteiger partial charge in [-0.15, -0.1) is 10.2 Å². The molecule has 0 aliphatic heterocycles. The number of hydrogen-bond acceptors (Lipinski definition) is 11. The predicted octanol–water partition coefficient (Wildman–Crippen LogP) is 4.05. The van der Waals surface area contributed by atoms with Crippen molar-refractivity contribution in [2.75, 3.05) is 26.1 Å². The van der Waals surface area contributed by atoms with Crippen LogP contribution in [0.4, 0.5) is 5.95 Å². The first-order valence-corrected chi connectivity index (χ1v) is 13.7. The molecule has 0 saturated carbocycles. The van der Waals surface area contributed by atoms with Crippen LogP contribution in [0.1, 0.15) is 18.9 Å². The van der Waals surface area contributed by atoms with Crippen LogP contribution in [0.2, 0.25) is 5.02 Å². The molecule has 0 unspecified atom stereocenters. The van der Waals surface area contributed by atoms with E-state index in [1.165, 1.54) is 45.2 Å². The van der Waals surface area contributed by atoms with Gasteiger partial charge in [0, 0.05) is 19.5 Å². The third-order valence-electron chi connectivity index (χ3n) is 6.18. The zero-order valence-corrected chi connectivity index (χ0v) is 23.3. The number of methoxy groups -OCH3 is 3. The van der Waals surface area contributed by atoms with Crippen molar-refractivity contribution in [3.63, 3.8) is 0 Å². The molecule has 13 nitrogen and oxygen atoms in total. The SMILES string of the molecule is COc1cccc(OC)c1-n1c(NS(=O)(=O)[C@@H](C)[C@H](OC)c2ncc(Cl)cn2)nnc1-c1noc2ccccc12. The molecule has 208 valence electrons. The average molecular weight is 586 g/mol. The van der Waals surface area contributed by atoms with E-state index in [9.17, 15) is 8.42 Å². The number of aromatic nitrogens is 6. The van der Waals surface area contributed by atoms with Gasteiger partial charge >= 0.3 is 0 Å². The molecule has 0 saturated heterocycles. The Bertz CT molecular complexity index is 1740. The lowest BCUT2D eigenvalue weighted by Gasteiger charge is -2.22. The highest BCUT2D eigenvalue weighted by Gasteiger charge is 2.35. The van der Waals surface area contributed by atoms with E-state index in [1.807, 2.05) is 12.1 Å². The van der Waals surface area contributed by atoms with E-state index in [4.69, 9.17) is 30.3 Å². The van der Waals surface area contributed by atoms with Gasteiger partial charge in [0.1, 0.15) is 28.5 Å². The van der Waals surface area contributed by atoms with E-state index in [1.54, 1.807) is 30.3 Å². The molecule has 2 aromatic carbocycles. The van der Waals surface area contributed by atoms with Gasteiger partial charge in [-0.1, -0.05) is 35.0 Å². The summed E-state index contributed by atoms with van der Waals surface area (Å²) in [4.78, 5) is 8.25. The number of anilines is 1. The molecule has 5 aromatic rings.